The van der Waals surface area contributed by atoms with Gasteiger partial charge in [-0.1, -0.05) is 12.5 Å². The Kier molecular flexibility index (Phi) is 9.18. The molecule has 2 aromatic rings. The second kappa shape index (κ2) is 12.5. The summed E-state index contributed by atoms with van der Waals surface area (Å²) in [6.45, 7) is 4.01. The summed E-state index contributed by atoms with van der Waals surface area (Å²) >= 11 is 1.01. The minimum atomic E-state index is -0.704. The molecule has 182 valence electrons. The van der Waals surface area contributed by atoms with Crippen LogP contribution in [0.5, 0.6) is 0 Å². The van der Waals surface area contributed by atoms with E-state index in [1.54, 1.807) is 37.3 Å². The van der Waals surface area contributed by atoms with Crippen LogP contribution >= 0.6 is 11.3 Å². The van der Waals surface area contributed by atoms with Gasteiger partial charge in [-0.05, 0) is 51.1 Å². The second-order valence-electron chi connectivity index (χ2n) is 7.90. The van der Waals surface area contributed by atoms with Crippen LogP contribution in [-0.2, 0) is 16.1 Å². The van der Waals surface area contributed by atoms with Crippen LogP contribution in [0.3, 0.4) is 0 Å². The largest absolute Gasteiger partial charge is 0.360 e. The van der Waals surface area contributed by atoms with E-state index in [1.165, 1.54) is 17.2 Å². The molecule has 1 aliphatic rings. The average Bonchev–Trinajstić information content (AvgIpc) is 3.17. The highest BCUT2D eigenvalue weighted by atomic mass is 32.1. The third kappa shape index (κ3) is 6.79. The SMILES string of the molecule is CCn1c(=O)/c(=C\Nc2cccc(NC(=O)CN3CCCCC3)c2)s/c1=C(/C#N)C(=O)NCC#N. The Labute approximate surface area is 206 Å². The number of amides is 2. The smallest absolute Gasteiger partial charge is 0.270 e. The number of thiazole rings is 1. The van der Waals surface area contributed by atoms with Crippen molar-refractivity contribution in [2.45, 2.75) is 32.7 Å². The molecule has 2 heterocycles. The Bertz CT molecular complexity index is 1340. The quantitative estimate of drug-likeness (QED) is 0.455. The Morgan fingerprint density at radius 3 is 2.60 bits per heavy atom. The molecule has 11 heteroatoms. The van der Waals surface area contributed by atoms with Crippen molar-refractivity contribution in [3.05, 3.63) is 43.8 Å². The summed E-state index contributed by atoms with van der Waals surface area (Å²) < 4.78 is 1.88. The van der Waals surface area contributed by atoms with E-state index in [4.69, 9.17) is 5.26 Å². The zero-order chi connectivity index (χ0) is 25.2. The molecule has 1 aliphatic heterocycles. The van der Waals surface area contributed by atoms with E-state index in [-0.39, 0.29) is 34.8 Å². The summed E-state index contributed by atoms with van der Waals surface area (Å²) in [4.78, 5) is 39.6. The standard InChI is InChI=1S/C24H27N7O3S/c1-2-31-23(34)20(35-24(31)19(14-26)22(33)27-10-9-25)15-28-17-7-6-8-18(13-17)29-21(32)16-30-11-4-3-5-12-30/h6-8,13,15,28H,2-5,10-12,16H2,1H3,(H,27,33)(H,29,32)/b20-15+,24-19-. The zero-order valence-corrected chi connectivity index (χ0v) is 20.3. The van der Waals surface area contributed by atoms with E-state index in [0.717, 1.165) is 37.3 Å². The van der Waals surface area contributed by atoms with Crippen LogP contribution in [0, 0.1) is 22.7 Å². The third-order valence-electron chi connectivity index (χ3n) is 5.44. The lowest BCUT2D eigenvalue weighted by Crippen LogP contribution is -2.36. The summed E-state index contributed by atoms with van der Waals surface area (Å²) in [6.07, 6.45) is 4.96. The topological polar surface area (TPSA) is 143 Å². The molecule has 0 bridgehead atoms. The number of likely N-dealkylation sites (tertiary alicyclic amines) is 1. The number of nitriles is 2. The highest BCUT2D eigenvalue weighted by Crippen LogP contribution is 2.15. The number of piperidine rings is 1. The Morgan fingerprint density at radius 2 is 1.91 bits per heavy atom. The number of hydrogen-bond acceptors (Lipinski definition) is 8. The van der Waals surface area contributed by atoms with Crippen LogP contribution < -0.4 is 30.7 Å². The van der Waals surface area contributed by atoms with Crippen molar-refractivity contribution < 1.29 is 9.59 Å². The number of nitrogens with zero attached hydrogens (tertiary/aromatic N) is 4. The fourth-order valence-corrected chi connectivity index (χ4v) is 4.84. The molecule has 10 nitrogen and oxygen atoms in total. The van der Waals surface area contributed by atoms with Gasteiger partial charge in [0.25, 0.3) is 11.5 Å². The lowest BCUT2D eigenvalue weighted by molar-refractivity contribution is -0.117. The predicted molar refractivity (Wildman–Crippen MR) is 135 cm³/mol. The van der Waals surface area contributed by atoms with Crippen LogP contribution in [0.1, 0.15) is 26.2 Å². The molecule has 1 aromatic heterocycles. The van der Waals surface area contributed by atoms with E-state index >= 15 is 0 Å². The molecule has 3 N–H and O–H groups in total. The number of hydrogen-bond donors (Lipinski definition) is 3. The molecule has 35 heavy (non-hydrogen) atoms. The molecule has 3 rings (SSSR count). The predicted octanol–water partition coefficient (Wildman–Crippen LogP) is 0.518. The fraction of sp³-hybridized carbons (Fsp3) is 0.375. The molecule has 1 fully saturated rings. The number of anilines is 2. The van der Waals surface area contributed by atoms with E-state index in [2.05, 4.69) is 20.9 Å². The summed E-state index contributed by atoms with van der Waals surface area (Å²) in [6, 6.07) is 10.8. The van der Waals surface area contributed by atoms with Crippen molar-refractivity contribution in [3.8, 4) is 12.1 Å². The van der Waals surface area contributed by atoms with Gasteiger partial charge < -0.3 is 16.0 Å². The first-order valence-corrected chi connectivity index (χ1v) is 12.2. The van der Waals surface area contributed by atoms with Crippen molar-refractivity contribution in [1.29, 1.82) is 10.5 Å². The Hall–Kier alpha value is -3.93. The van der Waals surface area contributed by atoms with Gasteiger partial charge in [0.15, 0.2) is 5.57 Å². The molecule has 1 aromatic carbocycles. The van der Waals surface area contributed by atoms with E-state index in [0.29, 0.717) is 22.5 Å². The van der Waals surface area contributed by atoms with Crippen LogP contribution in [0.25, 0.3) is 11.8 Å². The summed E-state index contributed by atoms with van der Waals surface area (Å²) in [5.41, 5.74) is 0.737. The first kappa shape index (κ1) is 25.7. The second-order valence-corrected chi connectivity index (χ2v) is 8.93. The van der Waals surface area contributed by atoms with Crippen LogP contribution in [0.15, 0.2) is 29.1 Å². The van der Waals surface area contributed by atoms with Gasteiger partial charge >= 0.3 is 0 Å². The van der Waals surface area contributed by atoms with Crippen LogP contribution in [0.2, 0.25) is 0 Å². The summed E-state index contributed by atoms with van der Waals surface area (Å²) in [5.74, 6) is -0.777. The molecule has 0 aliphatic carbocycles. The zero-order valence-electron chi connectivity index (χ0n) is 19.5. The molecule has 0 spiro atoms. The number of benzene rings is 1. The molecule has 2 amide bonds. The summed E-state index contributed by atoms with van der Waals surface area (Å²) in [5, 5.41) is 26.4. The maximum atomic E-state index is 12.8. The van der Waals surface area contributed by atoms with Gasteiger partial charge in [-0.15, -0.1) is 11.3 Å². The first-order chi connectivity index (χ1) is 17.0. The minimum absolute atomic E-state index is 0.0731. The molecule has 0 saturated carbocycles. The molecule has 0 atom stereocenters. The van der Waals surface area contributed by atoms with Crippen molar-refractivity contribution in [2.24, 2.45) is 0 Å². The van der Waals surface area contributed by atoms with E-state index in [9.17, 15) is 19.6 Å². The van der Waals surface area contributed by atoms with Gasteiger partial charge in [0.2, 0.25) is 5.91 Å². The third-order valence-corrected chi connectivity index (χ3v) is 6.57. The van der Waals surface area contributed by atoms with Crippen LogP contribution in [-0.4, -0.2) is 47.5 Å². The number of aromatic nitrogens is 1. The Morgan fingerprint density at radius 1 is 1.17 bits per heavy atom. The summed E-state index contributed by atoms with van der Waals surface area (Å²) in [7, 11) is 0. The van der Waals surface area contributed by atoms with E-state index in [1.807, 2.05) is 6.07 Å². The number of rotatable bonds is 8. The minimum Gasteiger partial charge on any atom is -0.360 e. The van der Waals surface area contributed by atoms with Crippen molar-refractivity contribution in [3.63, 3.8) is 0 Å². The van der Waals surface area contributed by atoms with Gasteiger partial charge in [0, 0.05) is 24.1 Å². The normalized spacial score (nSPS) is 15.0. The molecule has 1 saturated heterocycles. The van der Waals surface area contributed by atoms with Crippen LogP contribution in [0.4, 0.5) is 11.4 Å². The maximum absolute atomic E-state index is 12.8. The lowest BCUT2D eigenvalue weighted by atomic mass is 10.1. The molecular weight excluding hydrogens is 466 g/mol. The Balaban J connectivity index is 1.80. The highest BCUT2D eigenvalue weighted by Gasteiger charge is 2.15. The molecule has 0 unspecified atom stereocenters. The monoisotopic (exact) mass is 493 g/mol. The number of nitrogens with one attached hydrogen (secondary N) is 3. The fourth-order valence-electron chi connectivity index (χ4n) is 3.75. The van der Waals surface area contributed by atoms with Crippen molar-refractivity contribution in [1.82, 2.24) is 14.8 Å². The van der Waals surface area contributed by atoms with Crippen molar-refractivity contribution in [2.75, 3.05) is 36.8 Å². The first-order valence-electron chi connectivity index (χ1n) is 11.3. The van der Waals surface area contributed by atoms with Gasteiger partial charge in [0.05, 0.1) is 12.6 Å². The number of carbonyl (C=O) groups excluding carboxylic acids is 2. The van der Waals surface area contributed by atoms with Gasteiger partial charge in [-0.3, -0.25) is 23.9 Å². The highest BCUT2D eigenvalue weighted by molar-refractivity contribution is 7.07. The van der Waals surface area contributed by atoms with Gasteiger partial charge in [-0.25, -0.2) is 0 Å². The molecule has 0 radical (unpaired) electrons. The maximum Gasteiger partial charge on any atom is 0.270 e. The van der Waals surface area contributed by atoms with Crippen molar-refractivity contribution >= 4 is 46.3 Å². The van der Waals surface area contributed by atoms with E-state index < -0.39 is 5.91 Å². The average molecular weight is 494 g/mol. The van der Waals surface area contributed by atoms with Gasteiger partial charge in [0.1, 0.15) is 21.8 Å². The van der Waals surface area contributed by atoms with Gasteiger partial charge in [-0.2, -0.15) is 10.5 Å². The lowest BCUT2D eigenvalue weighted by Gasteiger charge is -2.25. The number of carbonyl (C=O) groups is 2. The molecular formula is C24H27N7O3S.